The molecule has 2 aromatic rings. The first-order chi connectivity index (χ1) is 12.6. The predicted molar refractivity (Wildman–Crippen MR) is 97.0 cm³/mol. The van der Waals surface area contributed by atoms with Gasteiger partial charge in [-0.2, -0.15) is 0 Å². The fourth-order valence-electron chi connectivity index (χ4n) is 3.31. The third-order valence-electron chi connectivity index (χ3n) is 4.67. The van der Waals surface area contributed by atoms with Crippen molar-refractivity contribution in [3.63, 3.8) is 0 Å². The zero-order valence-electron chi connectivity index (χ0n) is 15.6. The molecule has 3 rings (SSSR count). The molecular formula is C18H26N6O2. The van der Waals surface area contributed by atoms with Crippen molar-refractivity contribution in [3.8, 4) is 5.88 Å². The Balaban J connectivity index is 1.60. The zero-order valence-corrected chi connectivity index (χ0v) is 15.6. The van der Waals surface area contributed by atoms with Crippen LogP contribution in [0.5, 0.6) is 5.88 Å². The average molecular weight is 358 g/mol. The molecule has 140 valence electrons. The van der Waals surface area contributed by atoms with Gasteiger partial charge in [-0.05, 0) is 57.3 Å². The number of rotatable bonds is 6. The Hall–Kier alpha value is -2.48. The summed E-state index contributed by atoms with van der Waals surface area (Å²) in [5.41, 5.74) is 3.11. The minimum Gasteiger partial charge on any atom is -0.481 e. The van der Waals surface area contributed by atoms with E-state index in [2.05, 4.69) is 25.9 Å². The van der Waals surface area contributed by atoms with Gasteiger partial charge in [-0.1, -0.05) is 5.21 Å². The van der Waals surface area contributed by atoms with Gasteiger partial charge >= 0.3 is 0 Å². The van der Waals surface area contributed by atoms with Gasteiger partial charge in [0.2, 0.25) is 5.88 Å². The lowest BCUT2D eigenvalue weighted by molar-refractivity contribution is 0.0945. The van der Waals surface area contributed by atoms with Crippen molar-refractivity contribution >= 4 is 5.91 Å². The lowest BCUT2D eigenvalue weighted by Crippen LogP contribution is -2.32. The maximum atomic E-state index is 12.4. The van der Waals surface area contributed by atoms with Crippen LogP contribution in [-0.4, -0.2) is 46.1 Å². The van der Waals surface area contributed by atoms with Crippen molar-refractivity contribution < 1.29 is 9.53 Å². The van der Waals surface area contributed by atoms with Crippen LogP contribution in [0.3, 0.4) is 0 Å². The van der Waals surface area contributed by atoms with Gasteiger partial charge in [-0.15, -0.1) is 5.10 Å². The number of carbonyl (C=O) groups excluding carboxylic acids is 1. The molecule has 1 amide bonds. The Kier molecular flexibility index (Phi) is 5.82. The SMILES string of the molecule is COc1nc(C)cc(C)c1CNC(=O)c1cn(C[C@@H]2CCCNC2)nn1. The monoisotopic (exact) mass is 358 g/mol. The van der Waals surface area contributed by atoms with Crippen LogP contribution < -0.4 is 15.4 Å². The number of pyridine rings is 1. The lowest BCUT2D eigenvalue weighted by atomic mass is 10.00. The number of ether oxygens (including phenoxy) is 1. The number of aromatic nitrogens is 4. The van der Waals surface area contributed by atoms with E-state index in [1.165, 1.54) is 12.8 Å². The molecule has 1 aliphatic rings. The third kappa shape index (κ3) is 4.37. The first-order valence-corrected chi connectivity index (χ1v) is 8.97. The number of methoxy groups -OCH3 is 1. The van der Waals surface area contributed by atoms with Crippen LogP contribution in [0.2, 0.25) is 0 Å². The second kappa shape index (κ2) is 8.27. The molecular weight excluding hydrogens is 332 g/mol. The minimum absolute atomic E-state index is 0.250. The first kappa shape index (κ1) is 18.3. The van der Waals surface area contributed by atoms with Gasteiger partial charge in [0, 0.05) is 24.3 Å². The van der Waals surface area contributed by atoms with Crippen molar-refractivity contribution in [3.05, 3.63) is 34.8 Å². The molecule has 3 heterocycles. The maximum absolute atomic E-state index is 12.4. The van der Waals surface area contributed by atoms with Gasteiger partial charge in [-0.3, -0.25) is 9.48 Å². The van der Waals surface area contributed by atoms with E-state index in [4.69, 9.17) is 4.74 Å². The summed E-state index contributed by atoms with van der Waals surface area (Å²) < 4.78 is 7.09. The minimum atomic E-state index is -0.250. The molecule has 26 heavy (non-hydrogen) atoms. The molecule has 0 unspecified atom stereocenters. The van der Waals surface area contributed by atoms with Crippen LogP contribution in [0.25, 0.3) is 0 Å². The summed E-state index contributed by atoms with van der Waals surface area (Å²) in [6, 6.07) is 1.97. The van der Waals surface area contributed by atoms with E-state index in [0.717, 1.165) is 36.5 Å². The van der Waals surface area contributed by atoms with Crippen LogP contribution in [0.15, 0.2) is 12.3 Å². The fourth-order valence-corrected chi connectivity index (χ4v) is 3.31. The summed E-state index contributed by atoms with van der Waals surface area (Å²) in [5, 5.41) is 14.4. The molecule has 0 radical (unpaired) electrons. The highest BCUT2D eigenvalue weighted by atomic mass is 16.5. The predicted octanol–water partition coefficient (Wildman–Crippen LogP) is 1.23. The number of aryl methyl sites for hydroxylation is 2. The van der Waals surface area contributed by atoms with Gasteiger partial charge in [-0.25, -0.2) is 4.98 Å². The van der Waals surface area contributed by atoms with E-state index in [1.807, 2.05) is 19.9 Å². The molecule has 2 N–H and O–H groups in total. The lowest BCUT2D eigenvalue weighted by Gasteiger charge is -2.22. The molecule has 0 bridgehead atoms. The highest BCUT2D eigenvalue weighted by molar-refractivity contribution is 5.91. The molecule has 1 atom stereocenters. The fraction of sp³-hybridized carbons (Fsp3) is 0.556. The van der Waals surface area contributed by atoms with Gasteiger partial charge in [0.15, 0.2) is 5.69 Å². The molecule has 0 aromatic carbocycles. The molecule has 0 spiro atoms. The summed E-state index contributed by atoms with van der Waals surface area (Å²) in [6.07, 6.45) is 4.06. The summed E-state index contributed by atoms with van der Waals surface area (Å²) in [7, 11) is 1.58. The molecule has 1 saturated heterocycles. The maximum Gasteiger partial charge on any atom is 0.273 e. The number of carbonyl (C=O) groups is 1. The first-order valence-electron chi connectivity index (χ1n) is 8.97. The normalized spacial score (nSPS) is 17.1. The number of piperidine rings is 1. The highest BCUT2D eigenvalue weighted by Crippen LogP contribution is 2.20. The van der Waals surface area contributed by atoms with E-state index in [9.17, 15) is 4.79 Å². The van der Waals surface area contributed by atoms with Crippen molar-refractivity contribution in [2.45, 2.75) is 39.8 Å². The Bertz CT molecular complexity index is 767. The van der Waals surface area contributed by atoms with E-state index < -0.39 is 0 Å². The Labute approximate surface area is 153 Å². The Morgan fingerprint density at radius 3 is 3.04 bits per heavy atom. The van der Waals surface area contributed by atoms with Gasteiger partial charge in [0.05, 0.1) is 13.3 Å². The molecule has 2 aromatic heterocycles. The van der Waals surface area contributed by atoms with Crippen LogP contribution in [0.1, 0.15) is 40.2 Å². The van der Waals surface area contributed by atoms with Crippen molar-refractivity contribution in [1.82, 2.24) is 30.6 Å². The van der Waals surface area contributed by atoms with Crippen molar-refractivity contribution in [2.24, 2.45) is 5.92 Å². The standard InChI is InChI=1S/C18H26N6O2/c1-12-7-13(2)21-18(26-3)15(12)9-20-17(25)16-11-24(23-22-16)10-14-5-4-6-19-8-14/h7,11,14,19H,4-6,8-10H2,1-3H3,(H,20,25)/t14-/m1/s1. The van der Waals surface area contributed by atoms with Crippen molar-refractivity contribution in [2.75, 3.05) is 20.2 Å². The number of nitrogens with zero attached hydrogens (tertiary/aromatic N) is 4. The van der Waals surface area contributed by atoms with Gasteiger partial charge in [0.25, 0.3) is 5.91 Å². The Morgan fingerprint density at radius 2 is 2.31 bits per heavy atom. The summed E-state index contributed by atoms with van der Waals surface area (Å²) in [5.74, 6) is 0.822. The number of nitrogens with one attached hydrogen (secondary N) is 2. The van der Waals surface area contributed by atoms with Crippen LogP contribution >= 0.6 is 0 Å². The van der Waals surface area contributed by atoms with Gasteiger partial charge in [0.1, 0.15) is 0 Å². The molecule has 1 fully saturated rings. The van der Waals surface area contributed by atoms with E-state index in [-0.39, 0.29) is 5.91 Å². The summed E-state index contributed by atoms with van der Waals surface area (Å²) in [4.78, 5) is 16.8. The number of hydrogen-bond acceptors (Lipinski definition) is 6. The molecule has 0 saturated carbocycles. The molecule has 8 nitrogen and oxygen atoms in total. The molecule has 8 heteroatoms. The number of hydrogen-bond donors (Lipinski definition) is 2. The van der Waals surface area contributed by atoms with Crippen LogP contribution in [-0.2, 0) is 13.1 Å². The second-order valence-corrected chi connectivity index (χ2v) is 6.79. The summed E-state index contributed by atoms with van der Waals surface area (Å²) in [6.45, 7) is 7.08. The third-order valence-corrected chi connectivity index (χ3v) is 4.67. The quantitative estimate of drug-likeness (QED) is 0.807. The largest absolute Gasteiger partial charge is 0.481 e. The smallest absolute Gasteiger partial charge is 0.273 e. The van der Waals surface area contributed by atoms with Crippen LogP contribution in [0, 0.1) is 19.8 Å². The topological polar surface area (TPSA) is 94.0 Å². The van der Waals surface area contributed by atoms with Gasteiger partial charge < -0.3 is 15.4 Å². The average Bonchev–Trinajstić information content (AvgIpc) is 3.09. The van der Waals surface area contributed by atoms with E-state index in [1.54, 1.807) is 18.0 Å². The summed E-state index contributed by atoms with van der Waals surface area (Å²) >= 11 is 0. The number of amides is 1. The zero-order chi connectivity index (χ0) is 18.5. The van der Waals surface area contributed by atoms with Crippen molar-refractivity contribution in [1.29, 1.82) is 0 Å². The van der Waals surface area contributed by atoms with Crippen LogP contribution in [0.4, 0.5) is 0 Å². The highest BCUT2D eigenvalue weighted by Gasteiger charge is 2.17. The van der Waals surface area contributed by atoms with E-state index >= 15 is 0 Å². The van der Waals surface area contributed by atoms with E-state index in [0.29, 0.717) is 24.0 Å². The molecule has 1 aliphatic heterocycles. The Morgan fingerprint density at radius 1 is 1.46 bits per heavy atom. The second-order valence-electron chi connectivity index (χ2n) is 6.79. The molecule has 0 aliphatic carbocycles.